The topological polar surface area (TPSA) is 50.4 Å². The average Bonchev–Trinajstić information content (AvgIpc) is 2.48. The van der Waals surface area contributed by atoms with Crippen LogP contribution in [0.2, 0.25) is 0 Å². The number of carbonyl (C=O) groups is 1. The summed E-state index contributed by atoms with van der Waals surface area (Å²) in [5.74, 6) is 0. The fourth-order valence-corrected chi connectivity index (χ4v) is 2.47. The summed E-state index contributed by atoms with van der Waals surface area (Å²) >= 11 is 0. The molecular weight excluding hydrogens is 288 g/mol. The Labute approximate surface area is 141 Å². The largest absolute Gasteiger partial charge is 0.444 e. The number of benzene rings is 1. The highest BCUT2D eigenvalue weighted by Crippen LogP contribution is 2.10. The van der Waals surface area contributed by atoms with Gasteiger partial charge in [0, 0.05) is 19.1 Å². The summed E-state index contributed by atoms with van der Waals surface area (Å²) in [6.07, 6.45) is 2.77. The van der Waals surface area contributed by atoms with Gasteiger partial charge in [0.05, 0.1) is 0 Å². The van der Waals surface area contributed by atoms with Gasteiger partial charge < -0.3 is 15.4 Å². The Kier molecular flexibility index (Phi) is 8.10. The molecule has 1 rings (SSSR count). The van der Waals surface area contributed by atoms with Gasteiger partial charge in [0.1, 0.15) is 5.60 Å². The van der Waals surface area contributed by atoms with Gasteiger partial charge in [0.25, 0.3) is 0 Å². The molecule has 0 aliphatic heterocycles. The molecule has 0 spiro atoms. The second kappa shape index (κ2) is 9.56. The van der Waals surface area contributed by atoms with Gasteiger partial charge in [0.2, 0.25) is 0 Å². The predicted octanol–water partition coefficient (Wildman–Crippen LogP) is 4.03. The van der Waals surface area contributed by atoms with E-state index in [9.17, 15) is 4.79 Å². The van der Waals surface area contributed by atoms with Gasteiger partial charge in [-0.1, -0.05) is 44.5 Å². The van der Waals surface area contributed by atoms with Gasteiger partial charge in [-0.05, 0) is 44.7 Å². The van der Waals surface area contributed by atoms with E-state index in [1.807, 2.05) is 20.8 Å². The number of aryl methyl sites for hydroxylation is 1. The molecular formula is C19H32N2O2. The van der Waals surface area contributed by atoms with Crippen molar-refractivity contribution in [2.24, 2.45) is 0 Å². The minimum absolute atomic E-state index is 0.248. The minimum Gasteiger partial charge on any atom is -0.444 e. The zero-order chi connectivity index (χ0) is 17.3. The number of hydrogen-bond acceptors (Lipinski definition) is 3. The summed E-state index contributed by atoms with van der Waals surface area (Å²) < 4.78 is 5.29. The first-order valence-corrected chi connectivity index (χ1v) is 8.62. The van der Waals surface area contributed by atoms with Crippen LogP contribution in [0, 0.1) is 0 Å². The number of rotatable bonds is 8. The number of carbonyl (C=O) groups excluding carboxylic acids is 1. The molecule has 2 N–H and O–H groups in total. The molecule has 0 saturated carbocycles. The first kappa shape index (κ1) is 19.5. The molecule has 0 aliphatic carbocycles. The SMILES string of the molecule is CCCC(CNC(=O)OC(C)(C)C)NCc1ccccc1CC. The summed E-state index contributed by atoms with van der Waals surface area (Å²) in [6, 6.07) is 8.73. The molecule has 0 fully saturated rings. The van der Waals surface area contributed by atoms with E-state index in [1.165, 1.54) is 11.1 Å². The third kappa shape index (κ3) is 8.03. The van der Waals surface area contributed by atoms with E-state index in [0.717, 1.165) is 25.8 Å². The van der Waals surface area contributed by atoms with Gasteiger partial charge in [-0.15, -0.1) is 0 Å². The van der Waals surface area contributed by atoms with Gasteiger partial charge in [-0.2, -0.15) is 0 Å². The van der Waals surface area contributed by atoms with Crippen molar-refractivity contribution in [1.82, 2.24) is 10.6 Å². The van der Waals surface area contributed by atoms with Crippen LogP contribution in [0.25, 0.3) is 0 Å². The molecule has 0 aliphatic rings. The van der Waals surface area contributed by atoms with Gasteiger partial charge >= 0.3 is 6.09 Å². The zero-order valence-corrected chi connectivity index (χ0v) is 15.2. The molecule has 0 saturated heterocycles. The highest BCUT2D eigenvalue weighted by molar-refractivity contribution is 5.67. The van der Waals surface area contributed by atoms with Crippen molar-refractivity contribution in [3.63, 3.8) is 0 Å². The summed E-state index contributed by atoms with van der Waals surface area (Å²) in [7, 11) is 0. The summed E-state index contributed by atoms with van der Waals surface area (Å²) in [5, 5.41) is 6.42. The number of hydrogen-bond donors (Lipinski definition) is 2. The quantitative estimate of drug-likeness (QED) is 0.760. The lowest BCUT2D eigenvalue weighted by Gasteiger charge is -2.23. The lowest BCUT2D eigenvalue weighted by Crippen LogP contribution is -2.42. The highest BCUT2D eigenvalue weighted by Gasteiger charge is 2.17. The maximum absolute atomic E-state index is 11.8. The predicted molar refractivity (Wildman–Crippen MR) is 95.6 cm³/mol. The number of amides is 1. The summed E-state index contributed by atoms with van der Waals surface area (Å²) in [4.78, 5) is 11.8. The molecule has 4 heteroatoms. The highest BCUT2D eigenvalue weighted by atomic mass is 16.6. The number of alkyl carbamates (subject to hydrolysis) is 1. The van der Waals surface area contributed by atoms with E-state index >= 15 is 0 Å². The smallest absolute Gasteiger partial charge is 0.407 e. The van der Waals surface area contributed by atoms with Crippen LogP contribution in [0.5, 0.6) is 0 Å². The van der Waals surface area contributed by atoms with Gasteiger partial charge in [-0.3, -0.25) is 0 Å². The van der Waals surface area contributed by atoms with Crippen molar-refractivity contribution in [2.45, 2.75) is 72.1 Å². The van der Waals surface area contributed by atoms with Crippen LogP contribution in [0.15, 0.2) is 24.3 Å². The maximum Gasteiger partial charge on any atom is 0.407 e. The Morgan fingerprint density at radius 3 is 2.39 bits per heavy atom. The molecule has 0 bridgehead atoms. The maximum atomic E-state index is 11.8. The van der Waals surface area contributed by atoms with Crippen LogP contribution in [-0.2, 0) is 17.7 Å². The minimum atomic E-state index is -0.460. The van der Waals surface area contributed by atoms with Crippen molar-refractivity contribution >= 4 is 6.09 Å². The molecule has 23 heavy (non-hydrogen) atoms. The molecule has 0 radical (unpaired) electrons. The Morgan fingerprint density at radius 1 is 1.17 bits per heavy atom. The Hall–Kier alpha value is -1.55. The number of nitrogens with one attached hydrogen (secondary N) is 2. The van der Waals surface area contributed by atoms with Crippen LogP contribution < -0.4 is 10.6 Å². The normalized spacial score (nSPS) is 12.7. The van der Waals surface area contributed by atoms with Crippen molar-refractivity contribution in [1.29, 1.82) is 0 Å². The van der Waals surface area contributed by atoms with Crippen LogP contribution in [0.3, 0.4) is 0 Å². The van der Waals surface area contributed by atoms with Crippen LogP contribution in [0.1, 0.15) is 58.6 Å². The third-order valence-electron chi connectivity index (χ3n) is 3.61. The lowest BCUT2D eigenvalue weighted by molar-refractivity contribution is 0.0521. The molecule has 0 aromatic heterocycles. The first-order valence-electron chi connectivity index (χ1n) is 8.62. The standard InChI is InChI=1S/C19H32N2O2/c1-6-10-17(14-21-18(22)23-19(3,4)5)20-13-16-12-9-8-11-15(16)7-2/h8-9,11-12,17,20H,6-7,10,13-14H2,1-5H3,(H,21,22). The van der Waals surface area contributed by atoms with E-state index in [0.29, 0.717) is 6.54 Å². The molecule has 1 amide bonds. The fraction of sp³-hybridized carbons (Fsp3) is 0.632. The van der Waals surface area contributed by atoms with E-state index in [-0.39, 0.29) is 12.1 Å². The molecule has 1 atom stereocenters. The van der Waals surface area contributed by atoms with Gasteiger partial charge in [-0.25, -0.2) is 4.79 Å². The first-order chi connectivity index (χ1) is 10.9. The molecule has 1 aromatic carbocycles. The zero-order valence-electron chi connectivity index (χ0n) is 15.2. The second-order valence-electron chi connectivity index (χ2n) is 6.87. The van der Waals surface area contributed by atoms with Crippen molar-refractivity contribution in [3.05, 3.63) is 35.4 Å². The summed E-state index contributed by atoms with van der Waals surface area (Å²) in [5.41, 5.74) is 2.24. The van der Waals surface area contributed by atoms with Crippen LogP contribution in [0.4, 0.5) is 4.79 Å². The van der Waals surface area contributed by atoms with Crippen molar-refractivity contribution < 1.29 is 9.53 Å². The molecule has 130 valence electrons. The number of ether oxygens (including phenoxy) is 1. The van der Waals surface area contributed by atoms with E-state index in [4.69, 9.17) is 4.74 Å². The second-order valence-corrected chi connectivity index (χ2v) is 6.87. The van der Waals surface area contributed by atoms with Crippen molar-refractivity contribution in [3.8, 4) is 0 Å². The van der Waals surface area contributed by atoms with Crippen LogP contribution in [-0.4, -0.2) is 24.3 Å². The molecule has 1 unspecified atom stereocenters. The monoisotopic (exact) mass is 320 g/mol. The van der Waals surface area contributed by atoms with E-state index < -0.39 is 5.60 Å². The Bertz CT molecular complexity index is 481. The van der Waals surface area contributed by atoms with E-state index in [2.05, 4.69) is 48.7 Å². The molecule has 1 aromatic rings. The Morgan fingerprint density at radius 2 is 1.83 bits per heavy atom. The molecule has 0 heterocycles. The van der Waals surface area contributed by atoms with Gasteiger partial charge in [0.15, 0.2) is 0 Å². The Balaban J connectivity index is 2.50. The summed E-state index contributed by atoms with van der Waals surface area (Å²) in [6.45, 7) is 11.3. The molecule has 4 nitrogen and oxygen atoms in total. The average molecular weight is 320 g/mol. The van der Waals surface area contributed by atoms with Crippen molar-refractivity contribution in [2.75, 3.05) is 6.54 Å². The van der Waals surface area contributed by atoms with Crippen LogP contribution >= 0.6 is 0 Å². The van der Waals surface area contributed by atoms with E-state index in [1.54, 1.807) is 0 Å². The third-order valence-corrected chi connectivity index (χ3v) is 3.61. The lowest BCUT2D eigenvalue weighted by atomic mass is 10.0. The fourth-order valence-electron chi connectivity index (χ4n) is 2.47.